The summed E-state index contributed by atoms with van der Waals surface area (Å²) < 4.78 is 27.2. The number of nitrogen functional groups attached to an aromatic ring is 1. The Morgan fingerprint density at radius 2 is 1.80 bits per heavy atom. The molecule has 2 aromatic rings. The molecular weight excluding hydrogens is 398 g/mol. The van der Waals surface area contributed by atoms with E-state index in [2.05, 4.69) is 37.2 Å². The fourth-order valence-electron chi connectivity index (χ4n) is 1.52. The van der Waals surface area contributed by atoms with Gasteiger partial charge in [0.2, 0.25) is 0 Å². The van der Waals surface area contributed by atoms with Crippen LogP contribution < -0.4 is 11.1 Å². The maximum absolute atomic E-state index is 13.2. The highest BCUT2D eigenvalue weighted by Crippen LogP contribution is 2.27. The number of benzene rings is 2. The number of amides is 1. The number of hydrogen-bond acceptors (Lipinski definition) is 2. The van der Waals surface area contributed by atoms with Crippen LogP contribution >= 0.6 is 31.9 Å². The van der Waals surface area contributed by atoms with Crippen molar-refractivity contribution in [3.05, 3.63) is 56.5 Å². The van der Waals surface area contributed by atoms with Crippen molar-refractivity contribution in [2.75, 3.05) is 11.1 Å². The molecule has 0 saturated carbocycles. The molecule has 104 valence electrons. The largest absolute Gasteiger partial charge is 0.396 e. The van der Waals surface area contributed by atoms with Crippen molar-refractivity contribution in [3.8, 4) is 0 Å². The summed E-state index contributed by atoms with van der Waals surface area (Å²) in [5.74, 6) is -1.64. The summed E-state index contributed by atoms with van der Waals surface area (Å²) in [5, 5.41) is 2.52. The van der Waals surface area contributed by atoms with Crippen LogP contribution in [0.1, 0.15) is 10.4 Å². The maximum Gasteiger partial charge on any atom is 0.256 e. The summed E-state index contributed by atoms with van der Waals surface area (Å²) >= 11 is 6.28. The van der Waals surface area contributed by atoms with Gasteiger partial charge in [-0.15, -0.1) is 0 Å². The summed E-state index contributed by atoms with van der Waals surface area (Å²) in [4.78, 5) is 12.1. The minimum absolute atomic E-state index is 0.142. The summed E-state index contributed by atoms with van der Waals surface area (Å²) in [7, 11) is 0. The fraction of sp³-hybridized carbons (Fsp3) is 0. The lowest BCUT2D eigenvalue weighted by atomic mass is 10.1. The predicted molar refractivity (Wildman–Crippen MR) is 80.6 cm³/mol. The van der Waals surface area contributed by atoms with E-state index in [9.17, 15) is 13.6 Å². The van der Waals surface area contributed by atoms with Gasteiger partial charge in [-0.1, -0.05) is 0 Å². The lowest BCUT2D eigenvalue weighted by Gasteiger charge is -2.10. The summed E-state index contributed by atoms with van der Waals surface area (Å²) in [6.45, 7) is 0. The first kappa shape index (κ1) is 14.9. The van der Waals surface area contributed by atoms with Gasteiger partial charge in [-0.05, 0) is 62.2 Å². The van der Waals surface area contributed by atoms with Gasteiger partial charge in [0.1, 0.15) is 11.6 Å². The minimum Gasteiger partial charge on any atom is -0.396 e. The number of nitrogens with two attached hydrogens (primary N) is 1. The second-order valence-electron chi connectivity index (χ2n) is 3.93. The molecule has 7 heteroatoms. The standard InChI is InChI=1S/C13H8Br2F2N2O/c14-8-2-1-6(16)3-12(8)19-13(20)7-4-11(18)10(17)5-9(7)15/h1-5H,18H2,(H,19,20). The van der Waals surface area contributed by atoms with E-state index >= 15 is 0 Å². The van der Waals surface area contributed by atoms with Gasteiger partial charge in [-0.25, -0.2) is 8.78 Å². The van der Waals surface area contributed by atoms with Crippen molar-refractivity contribution in [1.29, 1.82) is 0 Å². The second-order valence-corrected chi connectivity index (χ2v) is 5.64. The molecule has 0 unspecified atom stereocenters. The number of carbonyl (C=O) groups is 1. The van der Waals surface area contributed by atoms with Crippen LogP contribution in [-0.2, 0) is 0 Å². The van der Waals surface area contributed by atoms with Gasteiger partial charge in [-0.3, -0.25) is 4.79 Å². The zero-order chi connectivity index (χ0) is 14.9. The van der Waals surface area contributed by atoms with Gasteiger partial charge in [0.25, 0.3) is 5.91 Å². The van der Waals surface area contributed by atoms with Crippen LogP contribution in [0.4, 0.5) is 20.2 Å². The second kappa shape index (κ2) is 5.88. The Labute approximate surface area is 130 Å². The minimum atomic E-state index is -0.625. The number of carbonyl (C=O) groups excluding carboxylic acids is 1. The Morgan fingerprint density at radius 3 is 2.50 bits per heavy atom. The zero-order valence-electron chi connectivity index (χ0n) is 9.88. The molecule has 0 bridgehead atoms. The SMILES string of the molecule is Nc1cc(C(=O)Nc2cc(F)ccc2Br)c(Br)cc1F. The van der Waals surface area contributed by atoms with E-state index < -0.39 is 17.5 Å². The van der Waals surface area contributed by atoms with Crippen LogP contribution in [0.5, 0.6) is 0 Å². The van der Waals surface area contributed by atoms with Crippen molar-refractivity contribution in [3.63, 3.8) is 0 Å². The Bertz CT molecular complexity index is 692. The van der Waals surface area contributed by atoms with Crippen molar-refractivity contribution in [1.82, 2.24) is 0 Å². The van der Waals surface area contributed by atoms with E-state index in [4.69, 9.17) is 5.73 Å². The fourth-order valence-corrected chi connectivity index (χ4v) is 2.36. The first-order valence-corrected chi connectivity index (χ1v) is 6.98. The number of nitrogens with one attached hydrogen (secondary N) is 1. The molecule has 3 nitrogen and oxygen atoms in total. The van der Waals surface area contributed by atoms with Crippen LogP contribution in [0, 0.1) is 11.6 Å². The summed E-state index contributed by atoms with van der Waals surface area (Å²) in [6.07, 6.45) is 0. The number of hydrogen-bond donors (Lipinski definition) is 2. The number of halogens is 4. The lowest BCUT2D eigenvalue weighted by Crippen LogP contribution is -2.14. The molecule has 0 saturated heterocycles. The molecule has 0 aliphatic carbocycles. The summed E-state index contributed by atoms with van der Waals surface area (Å²) in [5.41, 5.74) is 5.71. The van der Waals surface area contributed by atoms with Crippen LogP contribution in [0.25, 0.3) is 0 Å². The molecule has 0 fully saturated rings. The molecule has 20 heavy (non-hydrogen) atoms. The average molecular weight is 406 g/mol. The van der Waals surface area contributed by atoms with Crippen molar-refractivity contribution < 1.29 is 13.6 Å². The van der Waals surface area contributed by atoms with E-state index in [1.807, 2.05) is 0 Å². The van der Waals surface area contributed by atoms with Gasteiger partial charge in [-0.2, -0.15) is 0 Å². The van der Waals surface area contributed by atoms with E-state index in [0.29, 0.717) is 4.47 Å². The van der Waals surface area contributed by atoms with Gasteiger partial charge in [0.05, 0.1) is 16.9 Å². The van der Waals surface area contributed by atoms with Crippen molar-refractivity contribution >= 4 is 49.1 Å². The third-order valence-electron chi connectivity index (χ3n) is 2.51. The molecule has 1 amide bonds. The molecule has 0 aromatic heterocycles. The Hall–Kier alpha value is -1.47. The lowest BCUT2D eigenvalue weighted by molar-refractivity contribution is 0.102. The first-order valence-electron chi connectivity index (χ1n) is 5.39. The molecule has 2 aromatic carbocycles. The van der Waals surface area contributed by atoms with E-state index in [1.165, 1.54) is 24.3 Å². The van der Waals surface area contributed by atoms with E-state index in [-0.39, 0.29) is 21.4 Å². The Morgan fingerprint density at radius 1 is 1.10 bits per heavy atom. The predicted octanol–water partition coefficient (Wildman–Crippen LogP) is 4.32. The molecule has 0 aliphatic rings. The quantitative estimate of drug-likeness (QED) is 0.731. The first-order chi connectivity index (χ1) is 9.38. The summed E-state index contributed by atoms with van der Waals surface area (Å²) in [6, 6.07) is 6.21. The maximum atomic E-state index is 13.2. The highest BCUT2D eigenvalue weighted by molar-refractivity contribution is 9.11. The van der Waals surface area contributed by atoms with Crippen LogP contribution in [0.15, 0.2) is 39.3 Å². The van der Waals surface area contributed by atoms with E-state index in [1.54, 1.807) is 0 Å². The Balaban J connectivity index is 2.33. The third-order valence-corrected chi connectivity index (χ3v) is 3.86. The Kier molecular flexibility index (Phi) is 4.39. The van der Waals surface area contributed by atoms with Crippen molar-refractivity contribution in [2.45, 2.75) is 0 Å². The van der Waals surface area contributed by atoms with Crippen molar-refractivity contribution in [2.24, 2.45) is 0 Å². The smallest absolute Gasteiger partial charge is 0.256 e. The van der Waals surface area contributed by atoms with Crippen LogP contribution in [0.2, 0.25) is 0 Å². The van der Waals surface area contributed by atoms with Gasteiger partial charge >= 0.3 is 0 Å². The highest BCUT2D eigenvalue weighted by atomic mass is 79.9. The molecule has 0 radical (unpaired) electrons. The van der Waals surface area contributed by atoms with Crippen LogP contribution in [0.3, 0.4) is 0 Å². The van der Waals surface area contributed by atoms with Gasteiger partial charge < -0.3 is 11.1 Å². The third kappa shape index (κ3) is 3.16. The number of rotatable bonds is 2. The van der Waals surface area contributed by atoms with Gasteiger partial charge in [0.15, 0.2) is 0 Å². The number of anilines is 2. The molecule has 3 N–H and O–H groups in total. The average Bonchev–Trinajstić information content (AvgIpc) is 2.38. The molecule has 2 rings (SSSR count). The van der Waals surface area contributed by atoms with Gasteiger partial charge in [0, 0.05) is 8.95 Å². The monoisotopic (exact) mass is 404 g/mol. The van der Waals surface area contributed by atoms with Crippen LogP contribution in [-0.4, -0.2) is 5.91 Å². The highest BCUT2D eigenvalue weighted by Gasteiger charge is 2.15. The molecule has 0 aliphatic heterocycles. The van der Waals surface area contributed by atoms with E-state index in [0.717, 1.165) is 6.07 Å². The normalized spacial score (nSPS) is 10.4. The molecule has 0 heterocycles. The molecule has 0 atom stereocenters. The molecule has 0 spiro atoms. The zero-order valence-corrected chi connectivity index (χ0v) is 13.1. The topological polar surface area (TPSA) is 55.1 Å². The molecular formula is C13H8Br2F2N2O.